The normalized spacial score (nSPS) is 10.6. The van der Waals surface area contributed by atoms with E-state index in [-0.39, 0.29) is 0 Å². The lowest BCUT2D eigenvalue weighted by atomic mass is 10.2. The van der Waals surface area contributed by atoms with Crippen molar-refractivity contribution in [2.75, 3.05) is 11.9 Å². The molecule has 0 aliphatic heterocycles. The minimum atomic E-state index is 0.893. The van der Waals surface area contributed by atoms with Gasteiger partial charge >= 0.3 is 0 Å². The molecular formula is C14H20N4. The molecular weight excluding hydrogens is 224 g/mol. The first-order valence-corrected chi connectivity index (χ1v) is 6.46. The van der Waals surface area contributed by atoms with Gasteiger partial charge in [0, 0.05) is 31.7 Å². The SMILES string of the molecule is CCCn1cc(C)nc1NCCc1ccncc1. The zero-order valence-electron chi connectivity index (χ0n) is 11.1. The number of aryl methyl sites for hydroxylation is 2. The van der Waals surface area contributed by atoms with Gasteiger partial charge in [-0.15, -0.1) is 0 Å². The molecule has 96 valence electrons. The van der Waals surface area contributed by atoms with Crippen LogP contribution in [0.3, 0.4) is 0 Å². The van der Waals surface area contributed by atoms with E-state index in [9.17, 15) is 0 Å². The molecule has 4 nitrogen and oxygen atoms in total. The van der Waals surface area contributed by atoms with Crippen LogP contribution in [-0.2, 0) is 13.0 Å². The number of anilines is 1. The molecule has 0 fully saturated rings. The van der Waals surface area contributed by atoms with Gasteiger partial charge < -0.3 is 9.88 Å². The van der Waals surface area contributed by atoms with E-state index in [1.807, 2.05) is 31.5 Å². The summed E-state index contributed by atoms with van der Waals surface area (Å²) in [6, 6.07) is 4.09. The van der Waals surface area contributed by atoms with Crippen LogP contribution < -0.4 is 5.32 Å². The smallest absolute Gasteiger partial charge is 0.203 e. The van der Waals surface area contributed by atoms with Crippen LogP contribution in [0, 0.1) is 6.92 Å². The predicted molar refractivity (Wildman–Crippen MR) is 73.7 cm³/mol. The summed E-state index contributed by atoms with van der Waals surface area (Å²) in [6.07, 6.45) is 7.86. The van der Waals surface area contributed by atoms with Gasteiger partial charge in [0.2, 0.25) is 5.95 Å². The fraction of sp³-hybridized carbons (Fsp3) is 0.429. The van der Waals surface area contributed by atoms with Crippen molar-refractivity contribution in [3.05, 3.63) is 42.0 Å². The number of aromatic nitrogens is 3. The molecule has 4 heteroatoms. The Bertz CT molecular complexity index is 476. The summed E-state index contributed by atoms with van der Waals surface area (Å²) < 4.78 is 2.18. The summed E-state index contributed by atoms with van der Waals surface area (Å²) in [5, 5.41) is 3.40. The molecule has 0 unspecified atom stereocenters. The van der Waals surface area contributed by atoms with Gasteiger partial charge in [-0.25, -0.2) is 4.98 Å². The third kappa shape index (κ3) is 3.32. The number of hydrogen-bond acceptors (Lipinski definition) is 3. The highest BCUT2D eigenvalue weighted by Gasteiger charge is 2.03. The zero-order chi connectivity index (χ0) is 12.8. The van der Waals surface area contributed by atoms with Gasteiger partial charge in [-0.1, -0.05) is 6.92 Å². The van der Waals surface area contributed by atoms with Crippen LogP contribution in [0.4, 0.5) is 5.95 Å². The van der Waals surface area contributed by atoms with Crippen molar-refractivity contribution in [1.29, 1.82) is 0 Å². The molecule has 0 aromatic carbocycles. The number of pyridine rings is 1. The maximum Gasteiger partial charge on any atom is 0.203 e. The van der Waals surface area contributed by atoms with Gasteiger partial charge in [0.15, 0.2) is 0 Å². The van der Waals surface area contributed by atoms with Crippen LogP contribution in [0.1, 0.15) is 24.6 Å². The summed E-state index contributed by atoms with van der Waals surface area (Å²) in [7, 11) is 0. The van der Waals surface area contributed by atoms with Gasteiger partial charge in [0.25, 0.3) is 0 Å². The van der Waals surface area contributed by atoms with Crippen molar-refractivity contribution in [3.8, 4) is 0 Å². The fourth-order valence-electron chi connectivity index (χ4n) is 1.97. The Morgan fingerprint density at radius 2 is 2.06 bits per heavy atom. The second-order valence-corrected chi connectivity index (χ2v) is 4.43. The molecule has 18 heavy (non-hydrogen) atoms. The molecule has 2 heterocycles. The molecule has 0 aliphatic carbocycles. The fourth-order valence-corrected chi connectivity index (χ4v) is 1.97. The molecule has 2 rings (SSSR count). The maximum absolute atomic E-state index is 4.50. The van der Waals surface area contributed by atoms with E-state index in [1.165, 1.54) is 5.56 Å². The first kappa shape index (κ1) is 12.6. The largest absolute Gasteiger partial charge is 0.355 e. The second kappa shape index (κ2) is 6.19. The van der Waals surface area contributed by atoms with E-state index in [0.717, 1.165) is 37.6 Å². The van der Waals surface area contributed by atoms with Crippen molar-refractivity contribution in [2.45, 2.75) is 33.2 Å². The summed E-state index contributed by atoms with van der Waals surface area (Å²) in [6.45, 7) is 6.11. The maximum atomic E-state index is 4.50. The van der Waals surface area contributed by atoms with E-state index >= 15 is 0 Å². The van der Waals surface area contributed by atoms with Gasteiger partial charge in [-0.2, -0.15) is 0 Å². The first-order valence-electron chi connectivity index (χ1n) is 6.46. The molecule has 0 spiro atoms. The van der Waals surface area contributed by atoms with Gasteiger partial charge in [0.05, 0.1) is 5.69 Å². The summed E-state index contributed by atoms with van der Waals surface area (Å²) in [5.41, 5.74) is 2.36. The Morgan fingerprint density at radius 3 is 2.78 bits per heavy atom. The molecule has 2 aromatic rings. The standard InChI is InChI=1S/C14H20N4/c1-3-10-18-11-12(2)17-14(18)16-9-6-13-4-7-15-8-5-13/h4-5,7-8,11H,3,6,9-10H2,1-2H3,(H,16,17). The van der Waals surface area contributed by atoms with Crippen molar-refractivity contribution >= 4 is 5.95 Å². The highest BCUT2D eigenvalue weighted by Crippen LogP contribution is 2.09. The number of imidazole rings is 1. The molecule has 0 saturated heterocycles. The topological polar surface area (TPSA) is 42.7 Å². The lowest BCUT2D eigenvalue weighted by molar-refractivity contribution is 0.681. The second-order valence-electron chi connectivity index (χ2n) is 4.43. The van der Waals surface area contributed by atoms with Crippen LogP contribution in [-0.4, -0.2) is 21.1 Å². The van der Waals surface area contributed by atoms with Gasteiger partial charge in [-0.3, -0.25) is 4.98 Å². The third-order valence-electron chi connectivity index (χ3n) is 2.81. The van der Waals surface area contributed by atoms with E-state index < -0.39 is 0 Å². The quantitative estimate of drug-likeness (QED) is 0.849. The molecule has 2 aromatic heterocycles. The lowest BCUT2D eigenvalue weighted by Gasteiger charge is -2.08. The molecule has 1 N–H and O–H groups in total. The minimum absolute atomic E-state index is 0.893. The molecule has 0 saturated carbocycles. The average molecular weight is 244 g/mol. The van der Waals surface area contributed by atoms with Crippen LogP contribution >= 0.6 is 0 Å². The molecule has 0 atom stereocenters. The molecule has 0 radical (unpaired) electrons. The minimum Gasteiger partial charge on any atom is -0.355 e. The summed E-state index contributed by atoms with van der Waals surface area (Å²) in [5.74, 6) is 0.975. The van der Waals surface area contributed by atoms with Gasteiger partial charge in [-0.05, 0) is 37.5 Å². The number of nitrogens with one attached hydrogen (secondary N) is 1. The van der Waals surface area contributed by atoms with Crippen LogP contribution in [0.5, 0.6) is 0 Å². The van der Waals surface area contributed by atoms with Crippen molar-refractivity contribution in [3.63, 3.8) is 0 Å². The van der Waals surface area contributed by atoms with Crippen LogP contribution in [0.25, 0.3) is 0 Å². The van der Waals surface area contributed by atoms with Crippen LogP contribution in [0.15, 0.2) is 30.7 Å². The monoisotopic (exact) mass is 244 g/mol. The third-order valence-corrected chi connectivity index (χ3v) is 2.81. The highest BCUT2D eigenvalue weighted by molar-refractivity contribution is 5.29. The Balaban J connectivity index is 1.90. The van der Waals surface area contributed by atoms with Crippen molar-refractivity contribution < 1.29 is 0 Å². The zero-order valence-corrected chi connectivity index (χ0v) is 11.1. The Kier molecular flexibility index (Phi) is 4.34. The van der Waals surface area contributed by atoms with E-state index in [0.29, 0.717) is 0 Å². The number of rotatable bonds is 6. The molecule has 0 bridgehead atoms. The van der Waals surface area contributed by atoms with Crippen LogP contribution in [0.2, 0.25) is 0 Å². The Morgan fingerprint density at radius 1 is 1.28 bits per heavy atom. The lowest BCUT2D eigenvalue weighted by Crippen LogP contribution is -2.10. The number of hydrogen-bond donors (Lipinski definition) is 1. The Labute approximate surface area is 108 Å². The van der Waals surface area contributed by atoms with E-state index in [1.54, 1.807) is 0 Å². The predicted octanol–water partition coefficient (Wildman–Crippen LogP) is 2.65. The highest BCUT2D eigenvalue weighted by atomic mass is 15.2. The number of nitrogens with zero attached hydrogens (tertiary/aromatic N) is 3. The summed E-state index contributed by atoms with van der Waals surface area (Å²) in [4.78, 5) is 8.52. The van der Waals surface area contributed by atoms with E-state index in [2.05, 4.69) is 33.0 Å². The van der Waals surface area contributed by atoms with E-state index in [4.69, 9.17) is 0 Å². The summed E-state index contributed by atoms with van der Waals surface area (Å²) >= 11 is 0. The van der Waals surface area contributed by atoms with Crippen molar-refractivity contribution in [2.24, 2.45) is 0 Å². The molecule has 0 amide bonds. The first-order chi connectivity index (χ1) is 8.79. The average Bonchev–Trinajstić information content (AvgIpc) is 2.72. The van der Waals surface area contributed by atoms with Gasteiger partial charge in [0.1, 0.15) is 0 Å². The van der Waals surface area contributed by atoms with Crippen molar-refractivity contribution in [1.82, 2.24) is 14.5 Å². The molecule has 0 aliphatic rings. The Hall–Kier alpha value is -1.84.